The number of nitrogens with zero attached hydrogens (tertiary/aromatic N) is 2. The zero-order valence-corrected chi connectivity index (χ0v) is 18.5. The molecular formula is C29H22N2O3. The average molecular weight is 447 g/mol. The monoisotopic (exact) mass is 446 g/mol. The lowest BCUT2D eigenvalue weighted by Gasteiger charge is -2.36. The van der Waals surface area contributed by atoms with Gasteiger partial charge in [-0.05, 0) is 24.5 Å². The van der Waals surface area contributed by atoms with Gasteiger partial charge in [0.15, 0.2) is 17.1 Å². The lowest BCUT2D eigenvalue weighted by atomic mass is 9.74. The van der Waals surface area contributed by atoms with Crippen molar-refractivity contribution in [2.75, 3.05) is 11.4 Å². The number of rotatable bonds is 2. The summed E-state index contributed by atoms with van der Waals surface area (Å²) in [7, 11) is 0. The maximum absolute atomic E-state index is 14.5. The summed E-state index contributed by atoms with van der Waals surface area (Å²) in [5.41, 5.74) is 3.17. The zero-order chi connectivity index (χ0) is 23.0. The number of carbonyl (C=O) groups is 3. The largest absolute Gasteiger partial charge is 0.305 e. The van der Waals surface area contributed by atoms with E-state index in [2.05, 4.69) is 4.90 Å². The van der Waals surface area contributed by atoms with Crippen molar-refractivity contribution in [2.24, 2.45) is 0 Å². The standard InChI is InChI=1S/C29H22N2O3/c32-26-19-11-4-5-12-20(19)27(33)25-24(26)23-15-8-16-31(23)29(25)21-13-6-7-14-22(21)30(28(29)34)17-18-9-2-1-3-10-18/h1-7,9-14,23H,8,15-17H2/t23-,29+/m1/s1. The second-order valence-corrected chi connectivity index (χ2v) is 9.45. The van der Waals surface area contributed by atoms with E-state index in [1.54, 1.807) is 29.2 Å². The van der Waals surface area contributed by atoms with Gasteiger partial charge in [-0.15, -0.1) is 0 Å². The first-order chi connectivity index (χ1) is 16.6. The summed E-state index contributed by atoms with van der Waals surface area (Å²) < 4.78 is 0. The Morgan fingerprint density at radius 2 is 1.47 bits per heavy atom. The van der Waals surface area contributed by atoms with Gasteiger partial charge in [0.2, 0.25) is 0 Å². The van der Waals surface area contributed by atoms with Gasteiger partial charge < -0.3 is 4.90 Å². The van der Waals surface area contributed by atoms with Crippen LogP contribution in [0.4, 0.5) is 5.69 Å². The molecule has 0 radical (unpaired) electrons. The van der Waals surface area contributed by atoms with Gasteiger partial charge in [0.1, 0.15) is 0 Å². The van der Waals surface area contributed by atoms with Crippen molar-refractivity contribution in [1.29, 1.82) is 0 Å². The minimum atomic E-state index is -1.25. The molecule has 3 heterocycles. The van der Waals surface area contributed by atoms with Crippen LogP contribution in [0, 0.1) is 0 Å². The van der Waals surface area contributed by atoms with E-state index in [0.717, 1.165) is 29.7 Å². The van der Waals surface area contributed by atoms with Crippen LogP contribution >= 0.6 is 0 Å². The van der Waals surface area contributed by atoms with E-state index in [9.17, 15) is 14.4 Å². The van der Waals surface area contributed by atoms with Gasteiger partial charge >= 0.3 is 0 Å². The Labute approximate surface area is 197 Å². The molecule has 0 aromatic heterocycles. The second kappa shape index (κ2) is 6.84. The predicted octanol–water partition coefficient (Wildman–Crippen LogP) is 4.28. The number of para-hydroxylation sites is 1. The van der Waals surface area contributed by atoms with Crippen molar-refractivity contribution in [3.63, 3.8) is 0 Å². The van der Waals surface area contributed by atoms with Crippen LogP contribution in [0.15, 0.2) is 90.0 Å². The van der Waals surface area contributed by atoms with Gasteiger partial charge in [-0.25, -0.2) is 0 Å². The molecule has 0 bridgehead atoms. The Balaban J connectivity index is 1.49. The maximum Gasteiger partial charge on any atom is 0.257 e. The molecule has 0 unspecified atom stereocenters. The summed E-state index contributed by atoms with van der Waals surface area (Å²) in [6.45, 7) is 1.09. The smallest absolute Gasteiger partial charge is 0.257 e. The highest BCUT2D eigenvalue weighted by Crippen LogP contribution is 2.59. The topological polar surface area (TPSA) is 57.7 Å². The fourth-order valence-corrected chi connectivity index (χ4v) is 6.56. The van der Waals surface area contributed by atoms with Crippen LogP contribution in [0.5, 0.6) is 0 Å². The van der Waals surface area contributed by atoms with Crippen LogP contribution in [0.2, 0.25) is 0 Å². The van der Waals surface area contributed by atoms with Crippen molar-refractivity contribution in [3.8, 4) is 0 Å². The van der Waals surface area contributed by atoms with E-state index in [1.807, 2.05) is 54.6 Å². The van der Waals surface area contributed by atoms with Crippen molar-refractivity contribution >= 4 is 23.2 Å². The number of ketones is 2. The number of amides is 1. The Hall–Kier alpha value is -3.83. The minimum Gasteiger partial charge on any atom is -0.305 e. The van der Waals surface area contributed by atoms with Gasteiger partial charge in [0.05, 0.1) is 12.2 Å². The summed E-state index contributed by atoms with van der Waals surface area (Å²) in [5.74, 6) is -0.426. The molecule has 3 aromatic carbocycles. The van der Waals surface area contributed by atoms with Gasteiger partial charge in [0, 0.05) is 40.4 Å². The molecule has 1 spiro atoms. The van der Waals surface area contributed by atoms with E-state index < -0.39 is 5.54 Å². The van der Waals surface area contributed by atoms with Crippen molar-refractivity contribution in [2.45, 2.75) is 31.0 Å². The number of hydrogen-bond acceptors (Lipinski definition) is 4. The predicted molar refractivity (Wildman–Crippen MR) is 128 cm³/mol. The van der Waals surface area contributed by atoms with Crippen LogP contribution in [-0.4, -0.2) is 35.0 Å². The van der Waals surface area contributed by atoms with Gasteiger partial charge in [0.25, 0.3) is 5.91 Å². The number of carbonyl (C=O) groups excluding carboxylic acids is 3. The molecule has 1 saturated heterocycles. The SMILES string of the molecule is O=C1C2=C(C(=O)c3ccccc31)[C@@]1(C(=O)N(Cc3ccccc3)c3ccccc31)N1CCC[C@H]21. The number of anilines is 1. The molecule has 3 aliphatic heterocycles. The van der Waals surface area contributed by atoms with Crippen molar-refractivity contribution in [3.05, 3.63) is 112 Å². The molecule has 1 aliphatic carbocycles. The lowest BCUT2D eigenvalue weighted by Crippen LogP contribution is -2.53. The molecule has 4 aliphatic rings. The molecule has 5 nitrogen and oxygen atoms in total. The van der Waals surface area contributed by atoms with E-state index >= 15 is 0 Å². The average Bonchev–Trinajstić information content (AvgIpc) is 3.52. The Morgan fingerprint density at radius 3 is 2.26 bits per heavy atom. The third-order valence-electron chi connectivity index (χ3n) is 7.86. The molecule has 3 aromatic rings. The number of fused-ring (bicyclic) bond motifs is 7. The van der Waals surface area contributed by atoms with Crippen LogP contribution in [0.25, 0.3) is 0 Å². The van der Waals surface area contributed by atoms with Crippen molar-refractivity contribution < 1.29 is 14.4 Å². The molecule has 0 N–H and O–H groups in total. The van der Waals surface area contributed by atoms with E-state index in [0.29, 0.717) is 35.4 Å². The Bertz CT molecular complexity index is 1440. The molecule has 0 saturated carbocycles. The Kier molecular flexibility index (Phi) is 3.95. The minimum absolute atomic E-state index is 0.106. The van der Waals surface area contributed by atoms with Crippen LogP contribution in [-0.2, 0) is 16.9 Å². The van der Waals surface area contributed by atoms with E-state index in [4.69, 9.17) is 0 Å². The third-order valence-corrected chi connectivity index (χ3v) is 7.86. The van der Waals surface area contributed by atoms with Gasteiger partial charge in [-0.3, -0.25) is 19.3 Å². The maximum atomic E-state index is 14.5. The van der Waals surface area contributed by atoms with Crippen LogP contribution < -0.4 is 4.90 Å². The van der Waals surface area contributed by atoms with E-state index in [-0.39, 0.29) is 23.5 Å². The van der Waals surface area contributed by atoms with Crippen molar-refractivity contribution in [1.82, 2.24) is 4.90 Å². The molecule has 166 valence electrons. The fourth-order valence-electron chi connectivity index (χ4n) is 6.56. The van der Waals surface area contributed by atoms with Crippen LogP contribution in [0.3, 0.4) is 0 Å². The molecule has 5 heteroatoms. The molecule has 1 fully saturated rings. The molecule has 2 atom stereocenters. The summed E-state index contributed by atoms with van der Waals surface area (Å²) in [4.78, 5) is 46.3. The summed E-state index contributed by atoms with van der Waals surface area (Å²) in [5, 5.41) is 0. The second-order valence-electron chi connectivity index (χ2n) is 9.45. The zero-order valence-electron chi connectivity index (χ0n) is 18.5. The highest BCUT2D eigenvalue weighted by atomic mass is 16.2. The number of hydrogen-bond donors (Lipinski definition) is 0. The lowest BCUT2D eigenvalue weighted by molar-refractivity contribution is -0.127. The first-order valence-corrected chi connectivity index (χ1v) is 11.8. The first-order valence-electron chi connectivity index (χ1n) is 11.8. The fraction of sp³-hybridized carbons (Fsp3) is 0.207. The van der Waals surface area contributed by atoms with Gasteiger partial charge in [-0.2, -0.15) is 0 Å². The number of benzene rings is 3. The molecule has 34 heavy (non-hydrogen) atoms. The molecular weight excluding hydrogens is 424 g/mol. The quantitative estimate of drug-likeness (QED) is 0.590. The van der Waals surface area contributed by atoms with Gasteiger partial charge in [-0.1, -0.05) is 72.8 Å². The molecule has 1 amide bonds. The number of Topliss-reactive ketones (excluding diaryl/α,β-unsaturated/α-hetero) is 2. The summed E-state index contributed by atoms with van der Waals surface area (Å²) >= 11 is 0. The highest BCUT2D eigenvalue weighted by molar-refractivity contribution is 6.32. The van der Waals surface area contributed by atoms with Crippen LogP contribution in [0.1, 0.15) is 44.7 Å². The third kappa shape index (κ3) is 2.25. The molecule has 7 rings (SSSR count). The summed E-state index contributed by atoms with van der Waals surface area (Å²) in [6, 6.07) is 24.5. The van der Waals surface area contributed by atoms with E-state index in [1.165, 1.54) is 0 Å². The highest BCUT2D eigenvalue weighted by Gasteiger charge is 2.67. The first kappa shape index (κ1) is 19.6. The summed E-state index contributed by atoms with van der Waals surface area (Å²) in [6.07, 6.45) is 1.66. The normalized spacial score (nSPS) is 25.1. The Morgan fingerprint density at radius 1 is 0.794 bits per heavy atom.